The lowest BCUT2D eigenvalue weighted by Gasteiger charge is -2.27. The van der Waals surface area contributed by atoms with Gasteiger partial charge in [-0.25, -0.2) is 9.18 Å². The van der Waals surface area contributed by atoms with E-state index in [0.29, 0.717) is 23.7 Å². The number of nitrogens with zero attached hydrogens (tertiary/aromatic N) is 4. The number of carboxylic acids is 1. The Morgan fingerprint density at radius 3 is 2.82 bits per heavy atom. The fourth-order valence-corrected chi connectivity index (χ4v) is 5.03. The van der Waals surface area contributed by atoms with Crippen molar-refractivity contribution in [1.29, 1.82) is 0 Å². The molecule has 34 heavy (non-hydrogen) atoms. The van der Waals surface area contributed by atoms with E-state index in [4.69, 9.17) is 0 Å². The predicted molar refractivity (Wildman–Crippen MR) is 124 cm³/mol. The summed E-state index contributed by atoms with van der Waals surface area (Å²) in [5, 5.41) is 16.7. The number of piperidine rings is 1. The Labute approximate surface area is 202 Å². The molecule has 1 saturated carbocycles. The summed E-state index contributed by atoms with van der Waals surface area (Å²) in [5.74, 6) is -2.35. The summed E-state index contributed by atoms with van der Waals surface area (Å²) < 4.78 is 15.9. The van der Waals surface area contributed by atoms with Crippen molar-refractivity contribution in [3.8, 4) is 0 Å². The quantitative estimate of drug-likeness (QED) is 0.506. The predicted octanol–water partition coefficient (Wildman–Crippen LogP) is 3.22. The third-order valence-electron chi connectivity index (χ3n) is 6.45. The van der Waals surface area contributed by atoms with Gasteiger partial charge in [-0.1, -0.05) is 13.0 Å². The summed E-state index contributed by atoms with van der Waals surface area (Å²) in [7, 11) is 0. The lowest BCUT2D eigenvalue weighted by Crippen LogP contribution is -2.46. The van der Waals surface area contributed by atoms with Gasteiger partial charge in [0, 0.05) is 17.1 Å². The van der Waals surface area contributed by atoms with Crippen molar-refractivity contribution >= 4 is 50.3 Å². The van der Waals surface area contributed by atoms with Crippen molar-refractivity contribution in [3.05, 3.63) is 52.1 Å². The number of hydrogen-bond acceptors (Lipinski definition) is 5. The Balaban J connectivity index is 1.40. The van der Waals surface area contributed by atoms with Crippen LogP contribution in [0.3, 0.4) is 0 Å². The van der Waals surface area contributed by atoms with Crippen LogP contribution in [0.5, 0.6) is 0 Å². The zero-order chi connectivity index (χ0) is 24.1. The molecule has 3 heterocycles. The highest BCUT2D eigenvalue weighted by molar-refractivity contribution is 9.10. The summed E-state index contributed by atoms with van der Waals surface area (Å²) in [4.78, 5) is 43.9. The number of amides is 2. The van der Waals surface area contributed by atoms with E-state index in [1.165, 1.54) is 27.9 Å². The first kappa shape index (κ1) is 22.5. The van der Waals surface area contributed by atoms with Crippen LogP contribution in [0.25, 0.3) is 10.9 Å². The van der Waals surface area contributed by atoms with Gasteiger partial charge in [0.2, 0.25) is 11.8 Å². The molecule has 9 nitrogen and oxygen atoms in total. The molecule has 2 aliphatic rings. The van der Waals surface area contributed by atoms with E-state index in [2.05, 4.69) is 31.3 Å². The van der Waals surface area contributed by atoms with Crippen LogP contribution in [0.1, 0.15) is 35.9 Å². The second-order valence-electron chi connectivity index (χ2n) is 8.56. The minimum absolute atomic E-state index is 0.0364. The summed E-state index contributed by atoms with van der Waals surface area (Å²) in [5.41, 5.74) is 1.05. The molecule has 1 saturated heterocycles. The first-order valence-corrected chi connectivity index (χ1v) is 11.7. The van der Waals surface area contributed by atoms with Crippen molar-refractivity contribution in [2.45, 2.75) is 44.8 Å². The van der Waals surface area contributed by atoms with Gasteiger partial charge in [0.15, 0.2) is 11.5 Å². The largest absolute Gasteiger partial charge is 0.476 e. The highest BCUT2D eigenvalue weighted by Gasteiger charge is 2.56. The molecule has 176 valence electrons. The van der Waals surface area contributed by atoms with Crippen molar-refractivity contribution < 1.29 is 23.9 Å². The average molecular weight is 530 g/mol. The number of rotatable bonds is 6. The maximum atomic E-state index is 14.3. The third-order valence-corrected chi connectivity index (χ3v) is 7.06. The first-order valence-electron chi connectivity index (χ1n) is 10.9. The van der Waals surface area contributed by atoms with E-state index in [9.17, 15) is 23.9 Å². The molecule has 0 radical (unpaired) electrons. The smallest absolute Gasteiger partial charge is 0.357 e. The van der Waals surface area contributed by atoms with Gasteiger partial charge in [-0.05, 0) is 59.3 Å². The zero-order valence-corrected chi connectivity index (χ0v) is 19.7. The zero-order valence-electron chi connectivity index (χ0n) is 18.2. The van der Waals surface area contributed by atoms with Crippen LogP contribution >= 0.6 is 15.9 Å². The number of carbonyl (C=O) groups is 3. The molecule has 3 aromatic rings. The van der Waals surface area contributed by atoms with E-state index in [1.807, 2.05) is 6.92 Å². The summed E-state index contributed by atoms with van der Waals surface area (Å²) >= 11 is 3.10. The minimum atomic E-state index is -1.19. The minimum Gasteiger partial charge on any atom is -0.476 e. The van der Waals surface area contributed by atoms with E-state index < -0.39 is 23.7 Å². The normalized spacial score (nSPS) is 20.9. The topological polar surface area (TPSA) is 117 Å². The van der Waals surface area contributed by atoms with Gasteiger partial charge in [-0.3, -0.25) is 19.3 Å². The Kier molecular flexibility index (Phi) is 5.59. The van der Waals surface area contributed by atoms with Crippen LogP contribution in [0, 0.1) is 11.7 Å². The molecule has 0 bridgehead atoms. The number of aromatic nitrogens is 3. The van der Waals surface area contributed by atoms with Gasteiger partial charge in [0.25, 0.3) is 0 Å². The molecule has 11 heteroatoms. The van der Waals surface area contributed by atoms with Gasteiger partial charge in [0.05, 0.1) is 21.9 Å². The molecule has 5 rings (SSSR count). The lowest BCUT2D eigenvalue weighted by atomic mass is 10.1. The number of aromatic carboxylic acids is 1. The van der Waals surface area contributed by atoms with Crippen LogP contribution < -0.4 is 5.32 Å². The summed E-state index contributed by atoms with van der Waals surface area (Å²) in [6.45, 7) is 1.68. The van der Waals surface area contributed by atoms with Crippen LogP contribution in [-0.2, 0) is 22.6 Å². The van der Waals surface area contributed by atoms with E-state index in [-0.39, 0.29) is 40.3 Å². The summed E-state index contributed by atoms with van der Waals surface area (Å²) in [6.07, 6.45) is 3.46. The fourth-order valence-electron chi connectivity index (χ4n) is 4.66. The van der Waals surface area contributed by atoms with Crippen molar-refractivity contribution in [2.75, 3.05) is 5.32 Å². The standard InChI is InChI=1S/C23H21BrFN5O4/c1-2-12-8-13-18(9-26-12)29(28-21(13)23(33)34)10-19(31)30-16-6-11(16)7-17(30)22(32)27-15-5-3-4-14(24)20(15)25/h3-5,8-9,11,16-17H,2,6-7,10H2,1H3,(H,27,32)(H,33,34)/t11-,16-,17+/m1/s1. The molecule has 0 spiro atoms. The molecule has 2 N–H and O–H groups in total. The van der Waals surface area contributed by atoms with Crippen molar-refractivity contribution in [1.82, 2.24) is 19.7 Å². The van der Waals surface area contributed by atoms with Crippen LogP contribution in [0.15, 0.2) is 34.9 Å². The second-order valence-corrected chi connectivity index (χ2v) is 9.42. The third kappa shape index (κ3) is 3.83. The summed E-state index contributed by atoms with van der Waals surface area (Å²) in [6, 6.07) is 5.48. The monoisotopic (exact) mass is 529 g/mol. The number of carboxylic acid groups (broad SMARTS) is 1. The fraction of sp³-hybridized carbons (Fsp3) is 0.348. The lowest BCUT2D eigenvalue weighted by molar-refractivity contribution is -0.138. The van der Waals surface area contributed by atoms with E-state index in [1.54, 1.807) is 12.1 Å². The van der Waals surface area contributed by atoms with Gasteiger partial charge in [-0.15, -0.1) is 0 Å². The first-order chi connectivity index (χ1) is 16.3. The van der Waals surface area contributed by atoms with Crippen LogP contribution in [0.4, 0.5) is 10.1 Å². The number of carbonyl (C=O) groups excluding carboxylic acids is 2. The van der Waals surface area contributed by atoms with Gasteiger partial charge < -0.3 is 15.3 Å². The Hall–Kier alpha value is -3.34. The maximum Gasteiger partial charge on any atom is 0.357 e. The number of anilines is 1. The Morgan fingerprint density at radius 1 is 1.29 bits per heavy atom. The molecule has 1 aliphatic carbocycles. The Morgan fingerprint density at radius 2 is 2.09 bits per heavy atom. The number of fused-ring (bicyclic) bond motifs is 2. The van der Waals surface area contributed by atoms with Gasteiger partial charge in [-0.2, -0.15) is 5.10 Å². The van der Waals surface area contributed by atoms with Crippen molar-refractivity contribution in [3.63, 3.8) is 0 Å². The number of likely N-dealkylation sites (tertiary alicyclic amines) is 1. The van der Waals surface area contributed by atoms with Crippen molar-refractivity contribution in [2.24, 2.45) is 5.92 Å². The number of pyridine rings is 1. The maximum absolute atomic E-state index is 14.3. The van der Waals surface area contributed by atoms with Gasteiger partial charge >= 0.3 is 5.97 Å². The van der Waals surface area contributed by atoms with E-state index >= 15 is 0 Å². The average Bonchev–Trinajstić information content (AvgIpc) is 3.32. The highest BCUT2D eigenvalue weighted by atomic mass is 79.9. The number of halogens is 2. The molecule has 2 fully saturated rings. The van der Waals surface area contributed by atoms with Crippen LogP contribution in [0.2, 0.25) is 0 Å². The molecular weight excluding hydrogens is 509 g/mol. The number of benzene rings is 1. The second kappa shape index (κ2) is 8.46. The van der Waals surface area contributed by atoms with Gasteiger partial charge in [0.1, 0.15) is 12.6 Å². The molecule has 3 atom stereocenters. The molecule has 1 aromatic carbocycles. The highest BCUT2D eigenvalue weighted by Crippen LogP contribution is 2.48. The number of hydrogen-bond donors (Lipinski definition) is 2. The molecule has 1 aliphatic heterocycles. The number of nitrogens with one attached hydrogen (secondary N) is 1. The SMILES string of the molecule is CCc1cc2c(C(=O)O)nn(CC(=O)N3[C@@H]4C[C@@H]4C[C@H]3C(=O)Nc3cccc(Br)c3F)c2cn1. The Bertz CT molecular complexity index is 1340. The van der Waals surface area contributed by atoms with Crippen LogP contribution in [-0.4, -0.2) is 54.6 Å². The van der Waals surface area contributed by atoms with E-state index in [0.717, 1.165) is 12.1 Å². The molecule has 0 unspecified atom stereocenters. The number of aryl methyl sites for hydroxylation is 1. The molecule has 2 aromatic heterocycles. The molecular formula is C23H21BrFN5O4. The molecule has 2 amide bonds.